The number of phenols is 1. The van der Waals surface area contributed by atoms with Crippen molar-refractivity contribution in [3.8, 4) is 22.9 Å². The zero-order valence-corrected chi connectivity index (χ0v) is 15.6. The minimum atomic E-state index is -0.517. The van der Waals surface area contributed by atoms with Gasteiger partial charge in [0.05, 0.1) is 5.69 Å². The van der Waals surface area contributed by atoms with Gasteiger partial charge in [-0.15, -0.1) is 0 Å². The Morgan fingerprint density at radius 3 is 2.52 bits per heavy atom. The van der Waals surface area contributed by atoms with Crippen LogP contribution in [0.3, 0.4) is 0 Å². The molecule has 0 saturated carbocycles. The number of rotatable bonds is 4. The highest BCUT2D eigenvalue weighted by Crippen LogP contribution is 2.23. The van der Waals surface area contributed by atoms with Gasteiger partial charge < -0.3 is 9.52 Å². The van der Waals surface area contributed by atoms with Crippen LogP contribution in [0.1, 0.15) is 16.1 Å². The van der Waals surface area contributed by atoms with E-state index in [0.29, 0.717) is 28.5 Å². The minimum absolute atomic E-state index is 0.0961. The number of imidazole rings is 1. The molecule has 0 aliphatic carbocycles. The van der Waals surface area contributed by atoms with E-state index < -0.39 is 11.6 Å². The molecule has 0 saturated heterocycles. The molecule has 0 bridgehead atoms. The van der Waals surface area contributed by atoms with Gasteiger partial charge in [-0.2, -0.15) is 0 Å². The van der Waals surface area contributed by atoms with Gasteiger partial charge in [-0.1, -0.05) is 30.3 Å². The molecule has 6 nitrogen and oxygen atoms in total. The Labute approximate surface area is 166 Å². The molecule has 0 spiro atoms. The lowest BCUT2D eigenvalue weighted by Gasteiger charge is -2.01. The second kappa shape index (κ2) is 7.52. The van der Waals surface area contributed by atoms with Crippen LogP contribution in [-0.4, -0.2) is 20.1 Å². The molecule has 0 radical (unpaired) electrons. The molecular formula is C23H18N2O4. The van der Waals surface area contributed by atoms with Gasteiger partial charge in [-0.3, -0.25) is 9.36 Å². The molecule has 144 valence electrons. The van der Waals surface area contributed by atoms with E-state index in [1.165, 1.54) is 16.7 Å². The summed E-state index contributed by atoms with van der Waals surface area (Å²) in [5.74, 6) is 0.679. The molecule has 0 unspecified atom stereocenters. The average Bonchev–Trinajstić information content (AvgIpc) is 3.30. The first-order valence-corrected chi connectivity index (χ1v) is 9.01. The molecule has 0 aliphatic heterocycles. The first-order valence-electron chi connectivity index (χ1n) is 9.01. The molecule has 29 heavy (non-hydrogen) atoms. The van der Waals surface area contributed by atoms with E-state index in [0.717, 1.165) is 4.57 Å². The van der Waals surface area contributed by atoms with Crippen molar-refractivity contribution in [2.75, 3.05) is 0 Å². The Bertz CT molecular complexity index is 1260. The highest BCUT2D eigenvalue weighted by Gasteiger charge is 2.20. The zero-order chi connectivity index (χ0) is 20.4. The van der Waals surface area contributed by atoms with Crippen molar-refractivity contribution in [2.45, 2.75) is 6.92 Å². The monoisotopic (exact) mass is 386 g/mol. The van der Waals surface area contributed by atoms with Crippen LogP contribution in [0.5, 0.6) is 5.75 Å². The smallest absolute Gasteiger partial charge is 0.340 e. The molecule has 0 aliphatic rings. The summed E-state index contributed by atoms with van der Waals surface area (Å²) in [4.78, 5) is 26.0. The second-order valence-corrected chi connectivity index (χ2v) is 6.51. The number of nitrogens with zero attached hydrogens (tertiary/aromatic N) is 2. The van der Waals surface area contributed by atoms with Crippen molar-refractivity contribution in [3.05, 3.63) is 101 Å². The molecule has 6 heteroatoms. The number of para-hydroxylation sites is 1. The Hall–Kier alpha value is -4.06. The van der Waals surface area contributed by atoms with Crippen LogP contribution in [0, 0.1) is 6.92 Å². The van der Waals surface area contributed by atoms with Crippen molar-refractivity contribution < 1.29 is 14.3 Å². The SMILES string of the molecule is Cc1ccc(-c2cn(-c3ccccc3)c(=O)n2C(=O)C=Cc2cccc(O)c2)o1. The molecule has 4 aromatic rings. The number of hydrogen-bond donors (Lipinski definition) is 1. The Morgan fingerprint density at radius 2 is 1.83 bits per heavy atom. The van der Waals surface area contributed by atoms with E-state index in [9.17, 15) is 14.7 Å². The quantitative estimate of drug-likeness (QED) is 0.532. The molecule has 0 atom stereocenters. The number of allylic oxidation sites excluding steroid dienone is 1. The third kappa shape index (κ3) is 3.68. The fourth-order valence-electron chi connectivity index (χ4n) is 3.05. The highest BCUT2D eigenvalue weighted by atomic mass is 16.3. The van der Waals surface area contributed by atoms with Crippen molar-refractivity contribution in [3.63, 3.8) is 0 Å². The number of aromatic hydroxyl groups is 1. The number of phenolic OH excluding ortho intramolecular Hbond substituents is 1. The highest BCUT2D eigenvalue weighted by molar-refractivity contribution is 5.96. The van der Waals surface area contributed by atoms with E-state index in [4.69, 9.17) is 4.42 Å². The molecule has 2 aromatic carbocycles. The van der Waals surface area contributed by atoms with Gasteiger partial charge in [-0.05, 0) is 55.0 Å². The third-order valence-electron chi connectivity index (χ3n) is 4.43. The van der Waals surface area contributed by atoms with E-state index in [2.05, 4.69) is 0 Å². The average molecular weight is 386 g/mol. The first kappa shape index (κ1) is 18.3. The normalized spacial score (nSPS) is 11.2. The standard InChI is InChI=1S/C23H18N2O4/c1-16-10-12-21(29-16)20-15-24(18-7-3-2-4-8-18)23(28)25(20)22(27)13-11-17-6-5-9-19(26)14-17/h2-15,26H,1H3. The topological polar surface area (TPSA) is 77.4 Å². The summed E-state index contributed by atoms with van der Waals surface area (Å²) in [5, 5.41) is 9.57. The number of aromatic nitrogens is 2. The van der Waals surface area contributed by atoms with Crippen LogP contribution >= 0.6 is 0 Å². The summed E-state index contributed by atoms with van der Waals surface area (Å²) >= 11 is 0. The van der Waals surface area contributed by atoms with Crippen LogP contribution < -0.4 is 5.69 Å². The van der Waals surface area contributed by atoms with Crippen LogP contribution in [0.15, 0.2) is 88.2 Å². The summed E-state index contributed by atoms with van der Waals surface area (Å²) in [6, 6.07) is 19.1. The molecular weight excluding hydrogens is 368 g/mol. The summed E-state index contributed by atoms with van der Waals surface area (Å²) < 4.78 is 8.14. The lowest BCUT2D eigenvalue weighted by Crippen LogP contribution is -2.27. The van der Waals surface area contributed by atoms with Gasteiger partial charge in [0, 0.05) is 12.3 Å². The maximum absolute atomic E-state index is 13.1. The first-order chi connectivity index (χ1) is 14.0. The predicted octanol–water partition coefficient (Wildman–Crippen LogP) is 4.27. The minimum Gasteiger partial charge on any atom is -0.508 e. The predicted molar refractivity (Wildman–Crippen MR) is 110 cm³/mol. The number of aryl methyl sites for hydroxylation is 1. The Morgan fingerprint density at radius 1 is 1.03 bits per heavy atom. The van der Waals surface area contributed by atoms with Crippen molar-refractivity contribution >= 4 is 12.0 Å². The zero-order valence-electron chi connectivity index (χ0n) is 15.6. The molecule has 0 fully saturated rings. The summed E-state index contributed by atoms with van der Waals surface area (Å²) in [6.45, 7) is 1.80. The lowest BCUT2D eigenvalue weighted by atomic mass is 10.2. The van der Waals surface area contributed by atoms with Crippen molar-refractivity contribution in [1.82, 2.24) is 9.13 Å². The fourth-order valence-corrected chi connectivity index (χ4v) is 3.05. The number of hydrogen-bond acceptors (Lipinski definition) is 4. The van der Waals surface area contributed by atoms with Crippen LogP contribution in [0.4, 0.5) is 0 Å². The van der Waals surface area contributed by atoms with Gasteiger partial charge in [0.25, 0.3) is 5.91 Å². The number of carbonyl (C=O) groups is 1. The van der Waals surface area contributed by atoms with Crippen LogP contribution in [0.2, 0.25) is 0 Å². The van der Waals surface area contributed by atoms with E-state index in [1.807, 2.05) is 18.2 Å². The molecule has 1 N–H and O–H groups in total. The van der Waals surface area contributed by atoms with Crippen LogP contribution in [0.25, 0.3) is 23.2 Å². The number of carbonyl (C=O) groups excluding carboxylic acids is 1. The lowest BCUT2D eigenvalue weighted by molar-refractivity contribution is 0.0967. The number of benzene rings is 2. The number of furan rings is 1. The Balaban J connectivity index is 1.81. The maximum atomic E-state index is 13.1. The van der Waals surface area contributed by atoms with E-state index in [-0.39, 0.29) is 5.75 Å². The van der Waals surface area contributed by atoms with Gasteiger partial charge in [0.2, 0.25) is 0 Å². The summed E-state index contributed by atoms with van der Waals surface area (Å²) in [6.07, 6.45) is 4.44. The van der Waals surface area contributed by atoms with Crippen LogP contribution in [-0.2, 0) is 0 Å². The van der Waals surface area contributed by atoms with Gasteiger partial charge in [0.1, 0.15) is 17.2 Å². The molecule has 2 heterocycles. The fraction of sp³-hybridized carbons (Fsp3) is 0.0435. The maximum Gasteiger partial charge on any atom is 0.340 e. The van der Waals surface area contributed by atoms with Gasteiger partial charge in [-0.25, -0.2) is 9.36 Å². The Kier molecular flexibility index (Phi) is 4.75. The van der Waals surface area contributed by atoms with Gasteiger partial charge in [0.15, 0.2) is 5.76 Å². The van der Waals surface area contributed by atoms with E-state index >= 15 is 0 Å². The molecule has 0 amide bonds. The summed E-state index contributed by atoms with van der Waals surface area (Å²) in [5.41, 5.74) is 1.15. The summed E-state index contributed by atoms with van der Waals surface area (Å²) in [7, 11) is 0. The van der Waals surface area contributed by atoms with Crippen molar-refractivity contribution in [2.24, 2.45) is 0 Å². The molecule has 2 aromatic heterocycles. The largest absolute Gasteiger partial charge is 0.508 e. The van der Waals surface area contributed by atoms with Gasteiger partial charge >= 0.3 is 5.69 Å². The third-order valence-corrected chi connectivity index (χ3v) is 4.43. The van der Waals surface area contributed by atoms with E-state index in [1.54, 1.807) is 61.7 Å². The molecule has 4 rings (SSSR count). The van der Waals surface area contributed by atoms with Crippen molar-refractivity contribution in [1.29, 1.82) is 0 Å². The second-order valence-electron chi connectivity index (χ2n) is 6.51.